The van der Waals surface area contributed by atoms with Crippen LogP contribution in [0, 0.1) is 0 Å². The summed E-state index contributed by atoms with van der Waals surface area (Å²) in [5.41, 5.74) is 1.18. The average molecular weight is 243 g/mol. The number of nitrogens with one attached hydrogen (secondary N) is 1. The largest absolute Gasteiger partial charge is 0.312 e. The molecule has 1 heterocycles. The molecule has 16 heavy (non-hydrogen) atoms. The Kier molecular flexibility index (Phi) is 5.69. The fraction of sp³-hybridized carbons (Fsp3) is 0.727. The van der Waals surface area contributed by atoms with Gasteiger partial charge in [-0.1, -0.05) is 6.92 Å². The summed E-state index contributed by atoms with van der Waals surface area (Å²) < 4.78 is 13.1. The quantitative estimate of drug-likeness (QED) is 0.735. The van der Waals surface area contributed by atoms with E-state index in [0.29, 0.717) is 6.04 Å². The van der Waals surface area contributed by atoms with Gasteiger partial charge in [-0.2, -0.15) is 5.10 Å². The molecule has 1 N–H and O–H groups in total. The van der Waals surface area contributed by atoms with Crippen molar-refractivity contribution in [3.63, 3.8) is 0 Å². The van der Waals surface area contributed by atoms with Crippen LogP contribution in [0.2, 0.25) is 0 Å². The molecule has 0 saturated heterocycles. The van der Waals surface area contributed by atoms with Crippen molar-refractivity contribution in [3.8, 4) is 0 Å². The van der Waals surface area contributed by atoms with E-state index in [9.17, 15) is 4.21 Å². The second kappa shape index (κ2) is 6.81. The molecule has 0 saturated carbocycles. The highest BCUT2D eigenvalue weighted by molar-refractivity contribution is 7.84. The van der Waals surface area contributed by atoms with E-state index in [-0.39, 0.29) is 0 Å². The molecule has 0 radical (unpaired) electrons. The maximum absolute atomic E-state index is 11.2. The third kappa shape index (κ3) is 4.45. The van der Waals surface area contributed by atoms with Crippen LogP contribution in [0.25, 0.3) is 0 Å². The fourth-order valence-corrected chi connectivity index (χ4v) is 1.97. The second-order valence-electron chi connectivity index (χ2n) is 4.03. The molecule has 0 spiro atoms. The molecule has 1 rings (SSSR count). The van der Waals surface area contributed by atoms with Gasteiger partial charge < -0.3 is 5.32 Å². The zero-order valence-electron chi connectivity index (χ0n) is 10.3. The van der Waals surface area contributed by atoms with Gasteiger partial charge in [0.25, 0.3) is 0 Å². The van der Waals surface area contributed by atoms with E-state index in [2.05, 4.69) is 30.5 Å². The predicted octanol–water partition coefficient (Wildman–Crippen LogP) is 1.32. The third-order valence-electron chi connectivity index (χ3n) is 2.34. The van der Waals surface area contributed by atoms with Crippen LogP contribution in [0.1, 0.15) is 32.4 Å². The summed E-state index contributed by atoms with van der Waals surface area (Å²) in [6.45, 7) is 7.76. The molecule has 0 aromatic carbocycles. The molecule has 0 bridgehead atoms. The minimum Gasteiger partial charge on any atom is -0.312 e. The highest BCUT2D eigenvalue weighted by atomic mass is 32.2. The van der Waals surface area contributed by atoms with Crippen molar-refractivity contribution in [2.24, 2.45) is 0 Å². The van der Waals surface area contributed by atoms with E-state index in [1.807, 2.05) is 17.8 Å². The van der Waals surface area contributed by atoms with Gasteiger partial charge in [0.15, 0.2) is 0 Å². The Hall–Kier alpha value is -0.680. The number of aromatic nitrogens is 2. The van der Waals surface area contributed by atoms with Crippen LogP contribution in [0.4, 0.5) is 0 Å². The summed E-state index contributed by atoms with van der Waals surface area (Å²) in [4.78, 5) is 0. The Bertz CT molecular complexity index is 336. The fourth-order valence-electron chi connectivity index (χ4n) is 1.31. The Balaban J connectivity index is 2.24. The Morgan fingerprint density at radius 1 is 1.56 bits per heavy atom. The van der Waals surface area contributed by atoms with Gasteiger partial charge in [-0.05, 0) is 13.8 Å². The standard InChI is InChI=1S/C11H21N3OS/c1-4-16(15)6-5-12-7-11-8-13-14(9-11)10(2)3/h8-10,12H,4-7H2,1-3H3. The summed E-state index contributed by atoms with van der Waals surface area (Å²) in [5, 5.41) is 7.54. The maximum Gasteiger partial charge on any atom is 0.0534 e. The van der Waals surface area contributed by atoms with E-state index in [0.717, 1.165) is 24.6 Å². The molecule has 0 aliphatic rings. The predicted molar refractivity (Wildman–Crippen MR) is 67.9 cm³/mol. The monoisotopic (exact) mass is 243 g/mol. The molecule has 1 aromatic heterocycles. The van der Waals surface area contributed by atoms with Gasteiger partial charge in [0.1, 0.15) is 0 Å². The lowest BCUT2D eigenvalue weighted by Crippen LogP contribution is -2.20. The van der Waals surface area contributed by atoms with Gasteiger partial charge in [0.05, 0.1) is 6.20 Å². The van der Waals surface area contributed by atoms with Crippen molar-refractivity contribution in [2.45, 2.75) is 33.4 Å². The van der Waals surface area contributed by atoms with Crippen molar-refractivity contribution in [1.29, 1.82) is 0 Å². The molecule has 1 aromatic rings. The first-order valence-electron chi connectivity index (χ1n) is 5.72. The molecule has 5 heteroatoms. The van der Waals surface area contributed by atoms with Crippen molar-refractivity contribution < 1.29 is 4.21 Å². The average Bonchev–Trinajstić information content (AvgIpc) is 2.72. The number of hydrogen-bond donors (Lipinski definition) is 1. The lowest BCUT2D eigenvalue weighted by molar-refractivity contribution is 0.531. The maximum atomic E-state index is 11.2. The number of nitrogens with zero attached hydrogens (tertiary/aromatic N) is 2. The zero-order valence-corrected chi connectivity index (χ0v) is 11.1. The Morgan fingerprint density at radius 3 is 2.88 bits per heavy atom. The number of rotatable bonds is 7. The molecule has 0 aliphatic carbocycles. The van der Waals surface area contributed by atoms with Gasteiger partial charge in [0, 0.05) is 53.2 Å². The van der Waals surface area contributed by atoms with Crippen LogP contribution >= 0.6 is 0 Å². The van der Waals surface area contributed by atoms with Crippen molar-refractivity contribution >= 4 is 10.8 Å². The first-order valence-corrected chi connectivity index (χ1v) is 7.21. The van der Waals surface area contributed by atoms with Gasteiger partial charge in [0.2, 0.25) is 0 Å². The number of hydrogen-bond acceptors (Lipinski definition) is 3. The van der Waals surface area contributed by atoms with Crippen LogP contribution in [-0.2, 0) is 17.3 Å². The summed E-state index contributed by atoms with van der Waals surface area (Å²) in [7, 11) is -0.670. The van der Waals surface area contributed by atoms with E-state index >= 15 is 0 Å². The van der Waals surface area contributed by atoms with Gasteiger partial charge in [-0.25, -0.2) is 0 Å². The van der Waals surface area contributed by atoms with Gasteiger partial charge in [-0.15, -0.1) is 0 Å². The Morgan fingerprint density at radius 2 is 2.31 bits per heavy atom. The summed E-state index contributed by atoms with van der Waals surface area (Å²) in [5.74, 6) is 1.47. The summed E-state index contributed by atoms with van der Waals surface area (Å²) in [6.07, 6.45) is 3.93. The topological polar surface area (TPSA) is 46.9 Å². The summed E-state index contributed by atoms with van der Waals surface area (Å²) in [6, 6.07) is 0.404. The van der Waals surface area contributed by atoms with Crippen molar-refractivity contribution in [3.05, 3.63) is 18.0 Å². The lowest BCUT2D eigenvalue weighted by atomic mass is 10.3. The normalized spacial score (nSPS) is 13.2. The smallest absolute Gasteiger partial charge is 0.0534 e. The van der Waals surface area contributed by atoms with Gasteiger partial charge in [-0.3, -0.25) is 8.89 Å². The molecule has 92 valence electrons. The van der Waals surface area contributed by atoms with Crippen LogP contribution in [0.3, 0.4) is 0 Å². The molecule has 1 atom stereocenters. The van der Waals surface area contributed by atoms with Crippen LogP contribution in [0.15, 0.2) is 12.4 Å². The van der Waals surface area contributed by atoms with E-state index in [1.165, 1.54) is 5.56 Å². The highest BCUT2D eigenvalue weighted by Crippen LogP contribution is 2.04. The Labute approximate surface area is 99.9 Å². The van der Waals surface area contributed by atoms with Crippen LogP contribution < -0.4 is 5.32 Å². The SMILES string of the molecule is CCS(=O)CCNCc1cnn(C(C)C)c1. The first-order chi connectivity index (χ1) is 7.63. The van der Waals surface area contributed by atoms with Gasteiger partial charge >= 0.3 is 0 Å². The minimum absolute atomic E-state index is 0.404. The van der Waals surface area contributed by atoms with E-state index in [1.54, 1.807) is 0 Å². The molecule has 4 nitrogen and oxygen atoms in total. The second-order valence-corrected chi connectivity index (χ2v) is 5.90. The highest BCUT2D eigenvalue weighted by Gasteiger charge is 2.01. The lowest BCUT2D eigenvalue weighted by Gasteiger charge is -2.04. The third-order valence-corrected chi connectivity index (χ3v) is 3.65. The first kappa shape index (κ1) is 13.4. The molecule has 0 aliphatic heterocycles. The van der Waals surface area contributed by atoms with Crippen molar-refractivity contribution in [1.82, 2.24) is 15.1 Å². The molecule has 1 unspecified atom stereocenters. The van der Waals surface area contributed by atoms with E-state index in [4.69, 9.17) is 0 Å². The molecular formula is C11H21N3OS. The zero-order chi connectivity index (χ0) is 12.0. The van der Waals surface area contributed by atoms with Crippen LogP contribution in [-0.4, -0.2) is 32.0 Å². The summed E-state index contributed by atoms with van der Waals surface area (Å²) >= 11 is 0. The molecule has 0 fully saturated rings. The van der Waals surface area contributed by atoms with Crippen LogP contribution in [0.5, 0.6) is 0 Å². The van der Waals surface area contributed by atoms with Crippen molar-refractivity contribution in [2.75, 3.05) is 18.1 Å². The molecular weight excluding hydrogens is 222 g/mol. The minimum atomic E-state index is -0.670. The molecule has 0 amide bonds. The van der Waals surface area contributed by atoms with E-state index < -0.39 is 10.8 Å².